The molecule has 0 aliphatic heterocycles. The summed E-state index contributed by atoms with van der Waals surface area (Å²) in [7, 11) is -2.08. The first-order chi connectivity index (χ1) is 15.8. The van der Waals surface area contributed by atoms with Gasteiger partial charge in [0.1, 0.15) is 0 Å². The minimum absolute atomic E-state index is 0.0840. The Morgan fingerprint density at radius 2 is 1.85 bits per heavy atom. The molecule has 0 radical (unpaired) electrons. The lowest BCUT2D eigenvalue weighted by molar-refractivity contribution is 0.102. The maximum atomic E-state index is 12.9. The molecule has 8 heteroatoms. The van der Waals surface area contributed by atoms with Crippen LogP contribution in [0, 0.1) is 17.8 Å². The fourth-order valence-corrected chi connectivity index (χ4v) is 6.61. The van der Waals surface area contributed by atoms with E-state index in [1.807, 2.05) is 13.8 Å². The first kappa shape index (κ1) is 23.6. The van der Waals surface area contributed by atoms with Gasteiger partial charge in [-0.25, -0.2) is 13.1 Å². The number of hydrogen-bond acceptors (Lipinski definition) is 5. The third-order valence-electron chi connectivity index (χ3n) is 6.92. The predicted molar refractivity (Wildman–Crippen MR) is 127 cm³/mol. The summed E-state index contributed by atoms with van der Waals surface area (Å²) in [5.74, 6) is 2.55. The molecular weight excluding hydrogens is 440 g/mol. The molecule has 2 N–H and O–H groups in total. The molecule has 4 unspecified atom stereocenters. The minimum atomic E-state index is -3.62. The molecule has 2 fully saturated rings. The maximum absolute atomic E-state index is 12.9. The summed E-state index contributed by atoms with van der Waals surface area (Å²) >= 11 is 0. The third-order valence-corrected chi connectivity index (χ3v) is 8.50. The number of carbonyl (C=O) groups is 1. The Morgan fingerprint density at radius 3 is 2.45 bits per heavy atom. The monoisotopic (exact) mass is 472 g/mol. The Labute approximate surface area is 195 Å². The van der Waals surface area contributed by atoms with Gasteiger partial charge in [-0.15, -0.1) is 0 Å². The van der Waals surface area contributed by atoms with Crippen molar-refractivity contribution in [3.05, 3.63) is 48.0 Å². The van der Waals surface area contributed by atoms with Crippen LogP contribution in [0.3, 0.4) is 0 Å². The molecule has 4 atom stereocenters. The number of anilines is 1. The van der Waals surface area contributed by atoms with Crippen LogP contribution in [0.5, 0.6) is 11.5 Å². The van der Waals surface area contributed by atoms with E-state index in [4.69, 9.17) is 9.47 Å². The van der Waals surface area contributed by atoms with Gasteiger partial charge in [0.25, 0.3) is 5.91 Å². The van der Waals surface area contributed by atoms with E-state index in [1.165, 1.54) is 31.4 Å². The van der Waals surface area contributed by atoms with Gasteiger partial charge in [0.2, 0.25) is 10.0 Å². The molecule has 0 aromatic heterocycles. The highest BCUT2D eigenvalue weighted by Gasteiger charge is 2.42. The largest absolute Gasteiger partial charge is 0.493 e. The number of carbonyl (C=O) groups excluding carboxylic acids is 1. The summed E-state index contributed by atoms with van der Waals surface area (Å²) < 4.78 is 39.4. The lowest BCUT2D eigenvalue weighted by Crippen LogP contribution is -2.40. The molecule has 178 valence electrons. The van der Waals surface area contributed by atoms with Gasteiger partial charge >= 0.3 is 0 Å². The Kier molecular flexibility index (Phi) is 6.95. The van der Waals surface area contributed by atoms with Crippen LogP contribution in [0.4, 0.5) is 5.69 Å². The van der Waals surface area contributed by atoms with E-state index in [2.05, 4.69) is 10.0 Å². The number of fused-ring (bicyclic) bond motifs is 2. The van der Waals surface area contributed by atoms with Crippen LogP contribution in [0.25, 0.3) is 0 Å². The Morgan fingerprint density at radius 1 is 1.09 bits per heavy atom. The van der Waals surface area contributed by atoms with Gasteiger partial charge in [-0.05, 0) is 93.3 Å². The number of amides is 1. The molecule has 2 aromatic carbocycles. The van der Waals surface area contributed by atoms with Crippen LogP contribution in [0.1, 0.15) is 49.9 Å². The van der Waals surface area contributed by atoms with Crippen molar-refractivity contribution in [1.82, 2.24) is 4.72 Å². The van der Waals surface area contributed by atoms with Gasteiger partial charge in [-0.1, -0.05) is 6.42 Å². The first-order valence-electron chi connectivity index (χ1n) is 11.5. The second kappa shape index (κ2) is 9.73. The van der Waals surface area contributed by atoms with Crippen LogP contribution >= 0.6 is 0 Å². The Bertz CT molecular complexity index is 1100. The van der Waals surface area contributed by atoms with Gasteiger partial charge in [0.05, 0.1) is 18.6 Å². The van der Waals surface area contributed by atoms with Crippen LogP contribution < -0.4 is 19.5 Å². The number of rotatable bonds is 9. The van der Waals surface area contributed by atoms with E-state index >= 15 is 0 Å². The molecule has 0 saturated heterocycles. The van der Waals surface area contributed by atoms with Crippen molar-refractivity contribution < 1.29 is 22.7 Å². The van der Waals surface area contributed by atoms with Crippen LogP contribution in [0.2, 0.25) is 0 Å². The van der Waals surface area contributed by atoms with Gasteiger partial charge in [-0.2, -0.15) is 0 Å². The van der Waals surface area contributed by atoms with E-state index in [-0.39, 0.29) is 16.8 Å². The number of hydrogen-bond donors (Lipinski definition) is 2. The van der Waals surface area contributed by atoms with Crippen molar-refractivity contribution in [2.24, 2.45) is 17.8 Å². The lowest BCUT2D eigenvalue weighted by Gasteiger charge is -2.28. The smallest absolute Gasteiger partial charge is 0.255 e. The summed E-state index contributed by atoms with van der Waals surface area (Å²) in [5, 5.41) is 2.80. The molecule has 2 aromatic rings. The van der Waals surface area contributed by atoms with E-state index in [0.29, 0.717) is 41.2 Å². The van der Waals surface area contributed by atoms with Gasteiger partial charge in [0.15, 0.2) is 11.5 Å². The standard InChI is InChI=1S/C25H32N2O5S/c1-4-32-24-15-19(7-12-23(24)31-3)25(28)26-20-8-10-21(11-9-20)33(29,30)27-16(2)22-14-17-5-6-18(22)13-17/h7-12,15-18,22,27H,4-6,13-14H2,1-3H3,(H,26,28). The third kappa shape index (κ3) is 5.17. The number of benzene rings is 2. The second-order valence-corrected chi connectivity index (χ2v) is 10.7. The Hall–Kier alpha value is -2.58. The van der Waals surface area contributed by atoms with E-state index in [1.54, 1.807) is 37.4 Å². The van der Waals surface area contributed by atoms with Crippen molar-refractivity contribution in [2.75, 3.05) is 19.0 Å². The fraction of sp³-hybridized carbons (Fsp3) is 0.480. The number of ether oxygens (including phenoxy) is 2. The quantitative estimate of drug-likeness (QED) is 0.562. The normalized spacial score (nSPS) is 22.7. The second-order valence-electron chi connectivity index (χ2n) is 9.03. The number of sulfonamides is 1. The average Bonchev–Trinajstić information content (AvgIpc) is 3.43. The molecule has 2 aliphatic rings. The van der Waals surface area contributed by atoms with Gasteiger partial charge in [-0.3, -0.25) is 4.79 Å². The number of methoxy groups -OCH3 is 1. The van der Waals surface area contributed by atoms with Crippen molar-refractivity contribution in [1.29, 1.82) is 0 Å². The zero-order valence-electron chi connectivity index (χ0n) is 19.3. The SMILES string of the molecule is CCOc1cc(C(=O)Nc2ccc(S(=O)(=O)NC(C)C3CC4CCC3C4)cc2)ccc1OC. The van der Waals surface area contributed by atoms with Gasteiger partial charge in [0, 0.05) is 17.3 Å². The zero-order valence-corrected chi connectivity index (χ0v) is 20.2. The van der Waals surface area contributed by atoms with Gasteiger partial charge < -0.3 is 14.8 Å². The summed E-state index contributed by atoms with van der Waals surface area (Å²) in [6.45, 7) is 4.28. The predicted octanol–water partition coefficient (Wildman–Crippen LogP) is 4.45. The van der Waals surface area contributed by atoms with E-state index < -0.39 is 10.0 Å². The summed E-state index contributed by atoms with van der Waals surface area (Å²) in [5.41, 5.74) is 0.922. The molecule has 4 rings (SSSR count). The molecule has 0 heterocycles. The topological polar surface area (TPSA) is 93.7 Å². The summed E-state index contributed by atoms with van der Waals surface area (Å²) in [6.07, 6.45) is 4.87. The minimum Gasteiger partial charge on any atom is -0.493 e. The first-order valence-corrected chi connectivity index (χ1v) is 13.0. The lowest BCUT2D eigenvalue weighted by atomic mass is 9.84. The van der Waals surface area contributed by atoms with Crippen molar-refractivity contribution >= 4 is 21.6 Å². The summed E-state index contributed by atoms with van der Waals surface area (Å²) in [4.78, 5) is 12.9. The Balaban J connectivity index is 1.40. The van der Waals surface area contributed by atoms with Crippen LogP contribution in [0.15, 0.2) is 47.4 Å². The maximum Gasteiger partial charge on any atom is 0.255 e. The molecule has 33 heavy (non-hydrogen) atoms. The molecule has 2 saturated carbocycles. The molecule has 0 spiro atoms. The average molecular weight is 473 g/mol. The summed E-state index contributed by atoms with van der Waals surface area (Å²) in [6, 6.07) is 11.1. The zero-order chi connectivity index (χ0) is 23.6. The molecule has 7 nitrogen and oxygen atoms in total. The van der Waals surface area contributed by atoms with E-state index in [9.17, 15) is 13.2 Å². The highest BCUT2D eigenvalue weighted by atomic mass is 32.2. The number of nitrogens with one attached hydrogen (secondary N) is 2. The van der Waals surface area contributed by atoms with Crippen LogP contribution in [-0.4, -0.2) is 34.1 Å². The molecular formula is C25H32N2O5S. The van der Waals surface area contributed by atoms with E-state index in [0.717, 1.165) is 12.3 Å². The highest BCUT2D eigenvalue weighted by Crippen LogP contribution is 2.49. The molecule has 1 amide bonds. The highest BCUT2D eigenvalue weighted by molar-refractivity contribution is 7.89. The molecule has 2 bridgehead atoms. The van der Waals surface area contributed by atoms with Crippen molar-refractivity contribution in [3.63, 3.8) is 0 Å². The van der Waals surface area contributed by atoms with Crippen LogP contribution in [-0.2, 0) is 10.0 Å². The fourth-order valence-electron chi connectivity index (χ4n) is 5.31. The van der Waals surface area contributed by atoms with Crippen molar-refractivity contribution in [2.45, 2.75) is 50.5 Å². The molecule has 2 aliphatic carbocycles. The van der Waals surface area contributed by atoms with Crippen molar-refractivity contribution in [3.8, 4) is 11.5 Å².